The van der Waals surface area contributed by atoms with Gasteiger partial charge >= 0.3 is 0 Å². The molecule has 5 aromatic rings. The summed E-state index contributed by atoms with van der Waals surface area (Å²) in [6.07, 6.45) is 9.46. The van der Waals surface area contributed by atoms with Crippen molar-refractivity contribution in [2.75, 3.05) is 13.2 Å². The van der Waals surface area contributed by atoms with Crippen LogP contribution in [0.25, 0.3) is 45.1 Å². The molecule has 0 atom stereocenters. The van der Waals surface area contributed by atoms with Gasteiger partial charge in [0, 0.05) is 31.8 Å². The van der Waals surface area contributed by atoms with Crippen molar-refractivity contribution in [2.45, 2.75) is 78.7 Å². The summed E-state index contributed by atoms with van der Waals surface area (Å²) in [5.41, 5.74) is 5.54. The van der Waals surface area contributed by atoms with Gasteiger partial charge in [0.15, 0.2) is 11.6 Å². The first-order valence-corrected chi connectivity index (χ1v) is 14.8. The molecule has 0 fully saturated rings. The van der Waals surface area contributed by atoms with Crippen LogP contribution in [0, 0.1) is 0 Å². The number of hydrogen-bond donors (Lipinski definition) is 0. The van der Waals surface area contributed by atoms with Crippen LogP contribution in [0.1, 0.15) is 65.2 Å². The first-order valence-electron chi connectivity index (χ1n) is 14.8. The summed E-state index contributed by atoms with van der Waals surface area (Å²) in [7, 11) is 0. The molecule has 0 aliphatic rings. The molecule has 3 aromatic heterocycles. The van der Waals surface area contributed by atoms with Crippen LogP contribution in [0.2, 0.25) is 0 Å². The van der Waals surface area contributed by atoms with Crippen LogP contribution in [0.3, 0.4) is 0 Å². The smallest absolute Gasteiger partial charge is 0.161 e. The number of nitrogens with zero attached hydrogens (tertiary/aromatic N) is 5. The first-order chi connectivity index (χ1) is 19.8. The fourth-order valence-corrected chi connectivity index (χ4v) is 5.06. The van der Waals surface area contributed by atoms with Crippen LogP contribution in [-0.2, 0) is 41.5 Å². The van der Waals surface area contributed by atoms with Crippen LogP contribution < -0.4 is 37.2 Å². The van der Waals surface area contributed by atoms with Crippen molar-refractivity contribution in [2.24, 2.45) is 0 Å². The Balaban J connectivity index is 0.00000242. The number of pyridine rings is 1. The standard InChI is InChI=1S/C33H41N5O2.3ClH.V/c1-3-5-7-13-22-39-24-37-30-20-11-9-16-26(30)35-32(37)28-18-15-19-29(34-28)33-36-27-17-10-12-21-31(27)38(33)25-40-23-14-8-6-4-2;;;;/h9-12,15-21H,3-8,13-14,22-25H2,1-2H3;3*1H;/p-3. The molecular formula is C33H41Cl3N5O2V-3. The van der Waals surface area contributed by atoms with Gasteiger partial charge in [-0.2, -0.15) is 0 Å². The first kappa shape index (κ1) is 39.9. The van der Waals surface area contributed by atoms with Gasteiger partial charge in [-0.3, -0.25) is 9.13 Å². The Morgan fingerprint density at radius 2 is 0.955 bits per heavy atom. The summed E-state index contributed by atoms with van der Waals surface area (Å²) in [6, 6.07) is 22.4. The number of halogens is 3. The van der Waals surface area contributed by atoms with Gasteiger partial charge in [0.25, 0.3) is 0 Å². The fraction of sp³-hybridized carbons (Fsp3) is 0.424. The van der Waals surface area contributed by atoms with Crippen molar-refractivity contribution in [1.29, 1.82) is 0 Å². The number of ether oxygens (including phenoxy) is 2. The van der Waals surface area contributed by atoms with Crippen LogP contribution in [0.5, 0.6) is 0 Å². The largest absolute Gasteiger partial charge is 1.00 e. The fourth-order valence-electron chi connectivity index (χ4n) is 5.06. The van der Waals surface area contributed by atoms with Gasteiger partial charge in [-0.25, -0.2) is 15.0 Å². The van der Waals surface area contributed by atoms with Crippen LogP contribution in [-0.4, -0.2) is 37.3 Å². The molecule has 11 heteroatoms. The van der Waals surface area contributed by atoms with Crippen molar-refractivity contribution in [3.8, 4) is 23.0 Å². The van der Waals surface area contributed by atoms with Gasteiger partial charge < -0.3 is 46.7 Å². The van der Waals surface area contributed by atoms with E-state index in [9.17, 15) is 0 Å². The molecule has 0 unspecified atom stereocenters. The minimum atomic E-state index is 0. The maximum Gasteiger partial charge on any atom is 0.161 e. The van der Waals surface area contributed by atoms with Gasteiger partial charge in [0.05, 0.1) is 22.1 Å². The molecule has 44 heavy (non-hydrogen) atoms. The van der Waals surface area contributed by atoms with Gasteiger partial charge in [0.2, 0.25) is 0 Å². The molecule has 0 bridgehead atoms. The van der Waals surface area contributed by atoms with Gasteiger partial charge in [-0.1, -0.05) is 82.7 Å². The normalized spacial score (nSPS) is 10.6. The number of imidazole rings is 2. The van der Waals surface area contributed by atoms with Crippen molar-refractivity contribution >= 4 is 22.1 Å². The molecule has 239 valence electrons. The number of hydrogen-bond acceptors (Lipinski definition) is 5. The Bertz CT molecular complexity index is 1420. The van der Waals surface area contributed by atoms with E-state index in [1.807, 2.05) is 54.6 Å². The third-order valence-corrected chi connectivity index (χ3v) is 7.24. The summed E-state index contributed by atoms with van der Waals surface area (Å²) >= 11 is 0. The molecule has 0 spiro atoms. The Hall–Kier alpha value is -2.10. The van der Waals surface area contributed by atoms with Crippen molar-refractivity contribution in [3.63, 3.8) is 0 Å². The van der Waals surface area contributed by atoms with Crippen LogP contribution >= 0.6 is 0 Å². The number of benzene rings is 2. The van der Waals surface area contributed by atoms with E-state index >= 15 is 0 Å². The van der Waals surface area contributed by atoms with Crippen molar-refractivity contribution in [3.05, 3.63) is 66.7 Å². The summed E-state index contributed by atoms with van der Waals surface area (Å²) in [6.45, 7) is 6.81. The van der Waals surface area contributed by atoms with E-state index in [0.29, 0.717) is 13.5 Å². The molecule has 0 saturated carbocycles. The third kappa shape index (κ3) is 9.95. The molecule has 2 aromatic carbocycles. The van der Waals surface area contributed by atoms with E-state index < -0.39 is 0 Å². The van der Waals surface area contributed by atoms with Crippen LogP contribution in [0.15, 0.2) is 66.7 Å². The molecule has 5 rings (SSSR count). The average molecular weight is 697 g/mol. The van der Waals surface area contributed by atoms with E-state index in [1.165, 1.54) is 38.5 Å². The average Bonchev–Trinajstić information content (AvgIpc) is 3.55. The number of rotatable bonds is 16. The minimum Gasteiger partial charge on any atom is -1.00 e. The monoisotopic (exact) mass is 695 g/mol. The number of para-hydroxylation sites is 4. The third-order valence-electron chi connectivity index (χ3n) is 7.24. The Morgan fingerprint density at radius 1 is 0.523 bits per heavy atom. The van der Waals surface area contributed by atoms with E-state index in [4.69, 9.17) is 24.4 Å². The van der Waals surface area contributed by atoms with Gasteiger partial charge in [-0.15, -0.1) is 0 Å². The van der Waals surface area contributed by atoms with E-state index in [1.54, 1.807) is 0 Å². The second kappa shape index (κ2) is 20.8. The molecule has 1 radical (unpaired) electrons. The Labute approximate surface area is 291 Å². The van der Waals surface area contributed by atoms with E-state index in [-0.39, 0.29) is 55.8 Å². The van der Waals surface area contributed by atoms with E-state index in [0.717, 1.165) is 71.2 Å². The predicted molar refractivity (Wildman–Crippen MR) is 162 cm³/mol. The second-order valence-corrected chi connectivity index (χ2v) is 10.3. The zero-order valence-corrected chi connectivity index (χ0v) is 29.1. The number of aromatic nitrogens is 5. The summed E-state index contributed by atoms with van der Waals surface area (Å²) < 4.78 is 16.5. The van der Waals surface area contributed by atoms with Gasteiger partial charge in [0.1, 0.15) is 24.8 Å². The molecule has 3 heterocycles. The Morgan fingerprint density at radius 3 is 1.39 bits per heavy atom. The summed E-state index contributed by atoms with van der Waals surface area (Å²) in [5, 5.41) is 0. The quantitative estimate of drug-likeness (QED) is 0.127. The maximum absolute atomic E-state index is 6.11. The Kier molecular flexibility index (Phi) is 18.9. The topological polar surface area (TPSA) is 67.0 Å². The SMILES string of the molecule is CCCCCCOCn1c(-c2cccc(-c3nc4ccccc4n3COCCCCCC)n2)nc2ccccc21.[Cl-].[Cl-].[Cl-].[V]. The van der Waals surface area contributed by atoms with E-state index in [2.05, 4.69) is 35.1 Å². The zero-order chi connectivity index (χ0) is 27.6. The summed E-state index contributed by atoms with van der Waals surface area (Å²) in [4.78, 5) is 15.0. The van der Waals surface area contributed by atoms with Crippen molar-refractivity contribution < 1.29 is 65.3 Å². The number of fused-ring (bicyclic) bond motifs is 2. The molecule has 7 nitrogen and oxygen atoms in total. The molecular weight excluding hydrogens is 656 g/mol. The zero-order valence-electron chi connectivity index (χ0n) is 25.5. The molecule has 0 aliphatic heterocycles. The second-order valence-electron chi connectivity index (χ2n) is 10.3. The van der Waals surface area contributed by atoms with Crippen LogP contribution in [0.4, 0.5) is 0 Å². The molecule has 0 aliphatic carbocycles. The number of unbranched alkanes of at least 4 members (excludes halogenated alkanes) is 6. The molecule has 0 N–H and O–H groups in total. The molecule has 0 saturated heterocycles. The maximum atomic E-state index is 6.11. The van der Waals surface area contributed by atoms with Gasteiger partial charge in [-0.05, 0) is 49.2 Å². The summed E-state index contributed by atoms with van der Waals surface area (Å²) in [5.74, 6) is 1.60. The van der Waals surface area contributed by atoms with Crippen molar-refractivity contribution in [1.82, 2.24) is 24.1 Å². The molecule has 0 amide bonds. The predicted octanol–water partition coefficient (Wildman–Crippen LogP) is -0.767. The minimum absolute atomic E-state index is 0.